The van der Waals surface area contributed by atoms with Crippen molar-refractivity contribution in [2.24, 2.45) is 0 Å². The minimum Gasteiger partial charge on any atom is -0.490 e. The lowest BCUT2D eigenvalue weighted by atomic mass is 10.0. The zero-order chi connectivity index (χ0) is 54.4. The van der Waals surface area contributed by atoms with Gasteiger partial charge in [-0.25, -0.2) is 4.79 Å². The molecule has 2 N–H and O–H groups in total. The number of hydrogen-bond donors (Lipinski definition) is 2. The molecule has 1 aliphatic rings. The molecule has 9 heteroatoms. The Morgan fingerprint density at radius 1 is 0.403 bits per heavy atom. The van der Waals surface area contributed by atoms with Crippen LogP contribution in [-0.2, 0) is 16.2 Å². The highest BCUT2D eigenvalue weighted by Crippen LogP contribution is 2.40. The van der Waals surface area contributed by atoms with Crippen LogP contribution in [0.25, 0.3) is 17.2 Å². The lowest BCUT2D eigenvalue weighted by molar-refractivity contribution is -0.123. The number of unbranched alkanes of at least 4 members (excludes halogenated alkanes) is 27. The van der Waals surface area contributed by atoms with Gasteiger partial charge in [-0.3, -0.25) is 20.2 Å². The third kappa shape index (κ3) is 25.3. The highest BCUT2D eigenvalue weighted by molar-refractivity contribution is 6.31. The monoisotopic (exact) mass is 1050 g/mol. The number of amides is 4. The van der Waals surface area contributed by atoms with Gasteiger partial charge in [0.25, 0.3) is 11.8 Å². The first kappa shape index (κ1) is 61.8. The van der Waals surface area contributed by atoms with Crippen LogP contribution in [-0.4, -0.2) is 37.7 Å². The number of carbonyl (C=O) groups is 3. The van der Waals surface area contributed by atoms with Gasteiger partial charge in [-0.05, 0) is 96.1 Å². The summed E-state index contributed by atoms with van der Waals surface area (Å²) in [5, 5.41) is 4.19. The molecular formula is C68H94N2O7. The van der Waals surface area contributed by atoms with Gasteiger partial charge in [0.2, 0.25) is 5.75 Å². The Hall–Kier alpha value is -6.01. The molecule has 0 saturated carbocycles. The molecule has 0 unspecified atom stereocenters. The van der Waals surface area contributed by atoms with Crippen LogP contribution in [0.2, 0.25) is 0 Å². The van der Waals surface area contributed by atoms with Gasteiger partial charge in [0.15, 0.2) is 11.5 Å². The highest BCUT2D eigenvalue weighted by atomic mass is 16.5. The Kier molecular flexibility index (Phi) is 30.9. The van der Waals surface area contributed by atoms with Crippen LogP contribution < -0.4 is 29.6 Å². The van der Waals surface area contributed by atoms with Crippen LogP contribution in [0.5, 0.6) is 23.0 Å². The molecule has 0 atom stereocenters. The summed E-state index contributed by atoms with van der Waals surface area (Å²) in [6.45, 7) is 9.13. The van der Waals surface area contributed by atoms with E-state index in [0.717, 1.165) is 82.9 Å². The normalized spacial score (nSPS) is 12.2. The lowest BCUT2D eigenvalue weighted by Gasteiger charge is -2.19. The number of benzene rings is 4. The van der Waals surface area contributed by atoms with E-state index in [1.807, 2.05) is 72.8 Å². The molecule has 77 heavy (non-hydrogen) atoms. The standard InChI is InChI=1S/C68H94N2O7/c1-4-7-10-13-16-19-22-25-28-31-48-74-63-52-58(53-64(75-49-32-29-26-23-20-17-14-11-8-5-2)65(63)76-50-33-30-27-24-21-18-15-12-9-6-3)54-77-61-46-40-56(41-47-61)35-34-55-36-42-59(43-37-55)60-44-38-57(39-45-60)51-62-66(71)69-68(73)70-67(62)72/h36-47,51-53H,4-33,48-50,54H2,1-3H3,(H2,69,70,71,72,73). The Labute approximate surface area is 464 Å². The average Bonchev–Trinajstić information content (AvgIpc) is 3.45. The first-order chi connectivity index (χ1) is 37.9. The number of barbiturate groups is 1. The van der Waals surface area contributed by atoms with E-state index < -0.39 is 17.8 Å². The Morgan fingerprint density at radius 2 is 0.753 bits per heavy atom. The van der Waals surface area contributed by atoms with Crippen molar-refractivity contribution in [2.75, 3.05) is 19.8 Å². The molecule has 4 aromatic carbocycles. The van der Waals surface area contributed by atoms with Gasteiger partial charge in [-0.15, -0.1) is 0 Å². The van der Waals surface area contributed by atoms with Crippen molar-refractivity contribution >= 4 is 23.9 Å². The predicted octanol–water partition coefficient (Wildman–Crippen LogP) is 18.0. The van der Waals surface area contributed by atoms with E-state index in [0.29, 0.717) is 32.0 Å². The number of hydrogen-bond acceptors (Lipinski definition) is 7. The van der Waals surface area contributed by atoms with Gasteiger partial charge in [-0.1, -0.05) is 242 Å². The number of carbonyl (C=O) groups excluding carboxylic acids is 3. The fraction of sp³-hybridized carbons (Fsp3) is 0.544. The summed E-state index contributed by atoms with van der Waals surface area (Å²) in [6.07, 6.45) is 39.8. The summed E-state index contributed by atoms with van der Waals surface area (Å²) < 4.78 is 26.3. The summed E-state index contributed by atoms with van der Waals surface area (Å²) in [6, 6.07) is 26.8. The lowest BCUT2D eigenvalue weighted by Crippen LogP contribution is -2.51. The molecular weight excluding hydrogens is 957 g/mol. The molecule has 9 nitrogen and oxygen atoms in total. The zero-order valence-corrected chi connectivity index (χ0v) is 47.6. The molecule has 418 valence electrons. The van der Waals surface area contributed by atoms with Crippen LogP contribution in [0.3, 0.4) is 0 Å². The van der Waals surface area contributed by atoms with Gasteiger partial charge >= 0.3 is 6.03 Å². The fourth-order valence-corrected chi connectivity index (χ4v) is 9.61. The van der Waals surface area contributed by atoms with Crippen molar-refractivity contribution < 1.29 is 33.3 Å². The Balaban J connectivity index is 1.20. The molecule has 1 saturated heterocycles. The van der Waals surface area contributed by atoms with Gasteiger partial charge < -0.3 is 18.9 Å². The molecule has 0 aromatic heterocycles. The SMILES string of the molecule is CCCCCCCCCCCCOc1cc(COc2ccc(C#Cc3ccc(-c4ccc(C=C5C(=O)NC(=O)NC5=O)cc4)cc3)cc2)cc(OCCCCCCCCCCCC)c1OCCCCCCCCCCCC. The maximum absolute atomic E-state index is 12.1. The van der Waals surface area contributed by atoms with Crippen molar-refractivity contribution in [3.63, 3.8) is 0 Å². The zero-order valence-electron chi connectivity index (χ0n) is 47.6. The van der Waals surface area contributed by atoms with Crippen molar-refractivity contribution in [3.8, 4) is 46.0 Å². The van der Waals surface area contributed by atoms with E-state index in [1.165, 1.54) is 167 Å². The topological polar surface area (TPSA) is 112 Å². The van der Waals surface area contributed by atoms with Crippen LogP contribution in [0, 0.1) is 11.8 Å². The Bertz CT molecular complexity index is 2310. The van der Waals surface area contributed by atoms with Crippen molar-refractivity contribution in [3.05, 3.63) is 113 Å². The summed E-state index contributed by atoms with van der Waals surface area (Å²) in [5.74, 6) is 8.12. The third-order valence-electron chi connectivity index (χ3n) is 14.3. The largest absolute Gasteiger partial charge is 0.490 e. The second-order valence-corrected chi connectivity index (χ2v) is 21.1. The predicted molar refractivity (Wildman–Crippen MR) is 317 cm³/mol. The van der Waals surface area contributed by atoms with Crippen LogP contribution in [0.15, 0.2) is 90.5 Å². The maximum Gasteiger partial charge on any atom is 0.328 e. The van der Waals surface area contributed by atoms with E-state index in [-0.39, 0.29) is 5.57 Å². The number of rotatable bonds is 41. The minimum absolute atomic E-state index is 0.119. The summed E-state index contributed by atoms with van der Waals surface area (Å²) in [7, 11) is 0. The van der Waals surface area contributed by atoms with Crippen molar-refractivity contribution in [1.29, 1.82) is 0 Å². The minimum atomic E-state index is -0.819. The van der Waals surface area contributed by atoms with Crippen molar-refractivity contribution in [2.45, 2.75) is 220 Å². The van der Waals surface area contributed by atoms with Crippen LogP contribution in [0.1, 0.15) is 236 Å². The quantitative estimate of drug-likeness (QED) is 0.0197. The molecule has 4 amide bonds. The highest BCUT2D eigenvalue weighted by Gasteiger charge is 2.27. The van der Waals surface area contributed by atoms with Gasteiger partial charge in [0, 0.05) is 11.1 Å². The maximum atomic E-state index is 12.1. The average molecular weight is 1050 g/mol. The molecule has 0 spiro atoms. The Morgan fingerprint density at radius 3 is 1.16 bits per heavy atom. The van der Waals surface area contributed by atoms with Gasteiger partial charge in [-0.2, -0.15) is 0 Å². The summed E-state index contributed by atoms with van der Waals surface area (Å²) in [5.41, 5.74) is 5.26. The third-order valence-corrected chi connectivity index (χ3v) is 14.3. The second kappa shape index (κ2) is 38.5. The molecule has 1 aliphatic heterocycles. The molecule has 0 bridgehead atoms. The van der Waals surface area contributed by atoms with E-state index in [1.54, 1.807) is 0 Å². The first-order valence-corrected chi connectivity index (χ1v) is 30.3. The van der Waals surface area contributed by atoms with E-state index >= 15 is 0 Å². The molecule has 1 heterocycles. The van der Waals surface area contributed by atoms with E-state index in [2.05, 4.69) is 55.4 Å². The molecule has 0 aliphatic carbocycles. The summed E-state index contributed by atoms with van der Waals surface area (Å²) >= 11 is 0. The van der Waals surface area contributed by atoms with Crippen molar-refractivity contribution in [1.82, 2.24) is 10.6 Å². The second-order valence-electron chi connectivity index (χ2n) is 21.1. The fourth-order valence-electron chi connectivity index (χ4n) is 9.61. The molecule has 1 fully saturated rings. The van der Waals surface area contributed by atoms with Crippen LogP contribution in [0.4, 0.5) is 4.79 Å². The molecule has 0 radical (unpaired) electrons. The number of imide groups is 2. The van der Waals surface area contributed by atoms with Crippen LogP contribution >= 0.6 is 0 Å². The van der Waals surface area contributed by atoms with E-state index in [9.17, 15) is 14.4 Å². The smallest absolute Gasteiger partial charge is 0.328 e. The molecule has 5 rings (SSSR count). The number of ether oxygens (including phenoxy) is 4. The molecule has 4 aromatic rings. The number of urea groups is 1. The van der Waals surface area contributed by atoms with Gasteiger partial charge in [0.1, 0.15) is 17.9 Å². The number of nitrogens with one attached hydrogen (secondary N) is 2. The van der Waals surface area contributed by atoms with Gasteiger partial charge in [0.05, 0.1) is 19.8 Å². The summed E-state index contributed by atoms with van der Waals surface area (Å²) in [4.78, 5) is 35.7. The first-order valence-electron chi connectivity index (χ1n) is 30.3. The van der Waals surface area contributed by atoms with E-state index in [4.69, 9.17) is 18.9 Å².